The van der Waals surface area contributed by atoms with Gasteiger partial charge in [-0.3, -0.25) is 0 Å². The maximum absolute atomic E-state index is 5.49. The van der Waals surface area contributed by atoms with E-state index in [1.54, 1.807) is 21.3 Å². The van der Waals surface area contributed by atoms with Crippen LogP contribution in [0.1, 0.15) is 25.7 Å². The Labute approximate surface area is 160 Å². The molecule has 0 bridgehead atoms. The van der Waals surface area contributed by atoms with Gasteiger partial charge in [-0.2, -0.15) is 0 Å². The van der Waals surface area contributed by atoms with E-state index in [2.05, 4.69) is 60.7 Å². The number of benzene rings is 2. The lowest BCUT2D eigenvalue weighted by molar-refractivity contribution is 0.122. The van der Waals surface area contributed by atoms with Crippen LogP contribution < -0.4 is 10.6 Å². The Bertz CT molecular complexity index is 557. The molecule has 2 aromatic rings. The maximum atomic E-state index is 5.49. The standard InChI is InChI=1S/C21H31O3PSi/c1-22-26(23-2,24-3)19-13-5-4-12-18-25(20-14-8-6-9-15-20)21-16-10-7-11-17-21/h6-11,14-17H,4-5,12-13,18-19H2,1-3H3. The molecule has 0 atom stereocenters. The molecule has 2 rings (SSSR count). The lowest BCUT2D eigenvalue weighted by atomic mass is 10.2. The first-order chi connectivity index (χ1) is 12.7. The van der Waals surface area contributed by atoms with Crippen molar-refractivity contribution in [2.45, 2.75) is 31.7 Å². The van der Waals surface area contributed by atoms with Crippen LogP contribution >= 0.6 is 7.92 Å². The fourth-order valence-corrected chi connectivity index (χ4v) is 7.36. The molecular weight excluding hydrogens is 359 g/mol. The lowest BCUT2D eigenvalue weighted by Gasteiger charge is -2.24. The smallest absolute Gasteiger partial charge is 0.377 e. The van der Waals surface area contributed by atoms with E-state index in [1.807, 2.05) is 0 Å². The summed E-state index contributed by atoms with van der Waals surface area (Å²) in [7, 11) is 2.39. The van der Waals surface area contributed by atoms with Crippen LogP contribution in [-0.4, -0.2) is 36.3 Å². The SMILES string of the molecule is CO[Si](CCCCCCP(c1ccccc1)c1ccccc1)(OC)OC. The molecule has 0 fully saturated rings. The van der Waals surface area contributed by atoms with Gasteiger partial charge < -0.3 is 13.3 Å². The highest BCUT2D eigenvalue weighted by Crippen LogP contribution is 2.34. The third kappa shape index (κ3) is 6.29. The Balaban J connectivity index is 1.83. The van der Waals surface area contributed by atoms with Crippen molar-refractivity contribution in [2.75, 3.05) is 27.5 Å². The predicted molar refractivity (Wildman–Crippen MR) is 114 cm³/mol. The van der Waals surface area contributed by atoms with Crippen LogP contribution in [0.2, 0.25) is 6.04 Å². The molecule has 0 aliphatic rings. The molecule has 2 aromatic carbocycles. The Morgan fingerprint density at radius 2 is 1.12 bits per heavy atom. The van der Waals surface area contributed by atoms with Gasteiger partial charge in [0.25, 0.3) is 0 Å². The normalized spacial score (nSPS) is 11.8. The monoisotopic (exact) mass is 390 g/mol. The van der Waals surface area contributed by atoms with Crippen LogP contribution in [0.15, 0.2) is 60.7 Å². The van der Waals surface area contributed by atoms with E-state index in [1.165, 1.54) is 36.0 Å². The summed E-state index contributed by atoms with van der Waals surface area (Å²) in [6.45, 7) is 0. The van der Waals surface area contributed by atoms with E-state index in [9.17, 15) is 0 Å². The lowest BCUT2D eigenvalue weighted by Crippen LogP contribution is -2.42. The summed E-state index contributed by atoms with van der Waals surface area (Å²) in [5, 5.41) is 2.94. The fraction of sp³-hybridized carbons (Fsp3) is 0.429. The van der Waals surface area contributed by atoms with E-state index in [4.69, 9.17) is 13.3 Å². The fourth-order valence-electron chi connectivity index (χ4n) is 3.14. The molecule has 0 heterocycles. The molecule has 0 amide bonds. The summed E-state index contributed by atoms with van der Waals surface area (Å²) < 4.78 is 16.5. The first kappa shape index (κ1) is 21.3. The number of unbranched alkanes of at least 4 members (excludes halogenated alkanes) is 3. The largest absolute Gasteiger partial charge is 0.500 e. The highest BCUT2D eigenvalue weighted by atomic mass is 31.1. The van der Waals surface area contributed by atoms with E-state index >= 15 is 0 Å². The van der Waals surface area contributed by atoms with Gasteiger partial charge in [0.15, 0.2) is 0 Å². The zero-order valence-electron chi connectivity index (χ0n) is 16.2. The van der Waals surface area contributed by atoms with Gasteiger partial charge in [0.1, 0.15) is 0 Å². The molecule has 0 saturated carbocycles. The van der Waals surface area contributed by atoms with Crippen molar-refractivity contribution in [3.8, 4) is 0 Å². The molecule has 0 unspecified atom stereocenters. The molecular formula is C21H31O3PSi. The van der Waals surface area contributed by atoms with Crippen molar-refractivity contribution in [2.24, 2.45) is 0 Å². The summed E-state index contributed by atoms with van der Waals surface area (Å²) in [5.41, 5.74) is 0. The molecule has 0 aliphatic carbocycles. The van der Waals surface area contributed by atoms with Crippen LogP contribution in [0.4, 0.5) is 0 Å². The van der Waals surface area contributed by atoms with Crippen LogP contribution in [0, 0.1) is 0 Å². The molecule has 0 spiro atoms. The number of hydrogen-bond acceptors (Lipinski definition) is 3. The van der Waals surface area contributed by atoms with Crippen LogP contribution in [-0.2, 0) is 13.3 Å². The minimum absolute atomic E-state index is 0.269. The second kappa shape index (κ2) is 11.6. The summed E-state index contributed by atoms with van der Waals surface area (Å²) in [4.78, 5) is 0. The minimum Gasteiger partial charge on any atom is -0.377 e. The topological polar surface area (TPSA) is 27.7 Å². The van der Waals surface area contributed by atoms with Gasteiger partial charge in [-0.1, -0.05) is 73.5 Å². The average Bonchev–Trinajstić information content (AvgIpc) is 2.72. The zero-order valence-corrected chi connectivity index (χ0v) is 18.1. The molecule has 3 nitrogen and oxygen atoms in total. The second-order valence-corrected chi connectivity index (χ2v) is 11.7. The zero-order chi connectivity index (χ0) is 18.7. The molecule has 0 aliphatic heterocycles. The van der Waals surface area contributed by atoms with Gasteiger partial charge in [-0.15, -0.1) is 0 Å². The molecule has 0 aromatic heterocycles. The van der Waals surface area contributed by atoms with Gasteiger partial charge in [0.2, 0.25) is 0 Å². The third-order valence-corrected chi connectivity index (χ3v) is 10.1. The van der Waals surface area contributed by atoms with Gasteiger partial charge in [-0.25, -0.2) is 0 Å². The van der Waals surface area contributed by atoms with Gasteiger partial charge in [-0.05, 0) is 37.5 Å². The third-order valence-electron chi connectivity index (χ3n) is 4.68. The molecule has 5 heteroatoms. The van der Waals surface area contributed by atoms with E-state index in [0.29, 0.717) is 0 Å². The first-order valence-electron chi connectivity index (χ1n) is 9.28. The number of rotatable bonds is 12. The molecule has 0 saturated heterocycles. The van der Waals surface area contributed by atoms with Crippen molar-refractivity contribution < 1.29 is 13.3 Å². The van der Waals surface area contributed by atoms with E-state index in [-0.39, 0.29) is 7.92 Å². The summed E-state index contributed by atoms with van der Waals surface area (Å²) in [6.07, 6.45) is 6.01. The van der Waals surface area contributed by atoms with Crippen LogP contribution in [0.3, 0.4) is 0 Å². The maximum Gasteiger partial charge on any atom is 0.500 e. The first-order valence-corrected chi connectivity index (χ1v) is 12.7. The molecule has 0 radical (unpaired) electrons. The molecule has 26 heavy (non-hydrogen) atoms. The predicted octanol–water partition coefficient (Wildman–Crippen LogP) is 4.56. The van der Waals surface area contributed by atoms with Crippen molar-refractivity contribution in [3.63, 3.8) is 0 Å². The van der Waals surface area contributed by atoms with Crippen molar-refractivity contribution >= 4 is 27.3 Å². The Morgan fingerprint density at radius 1 is 0.654 bits per heavy atom. The molecule has 0 N–H and O–H groups in total. The van der Waals surface area contributed by atoms with E-state index in [0.717, 1.165) is 12.5 Å². The number of hydrogen-bond donors (Lipinski definition) is 0. The van der Waals surface area contributed by atoms with Gasteiger partial charge >= 0.3 is 8.80 Å². The Hall–Kier alpha value is -1.03. The summed E-state index contributed by atoms with van der Waals surface area (Å²) in [5.74, 6) is 0. The Morgan fingerprint density at radius 3 is 1.58 bits per heavy atom. The quantitative estimate of drug-likeness (QED) is 0.302. The summed E-state index contributed by atoms with van der Waals surface area (Å²) >= 11 is 0. The highest BCUT2D eigenvalue weighted by Gasteiger charge is 2.36. The van der Waals surface area contributed by atoms with Crippen LogP contribution in [0.25, 0.3) is 0 Å². The van der Waals surface area contributed by atoms with Crippen molar-refractivity contribution in [1.29, 1.82) is 0 Å². The van der Waals surface area contributed by atoms with Gasteiger partial charge in [0.05, 0.1) is 0 Å². The van der Waals surface area contributed by atoms with E-state index < -0.39 is 8.80 Å². The molecule has 142 valence electrons. The average molecular weight is 391 g/mol. The van der Waals surface area contributed by atoms with Crippen LogP contribution in [0.5, 0.6) is 0 Å². The van der Waals surface area contributed by atoms with Crippen molar-refractivity contribution in [1.82, 2.24) is 0 Å². The van der Waals surface area contributed by atoms with Crippen molar-refractivity contribution in [3.05, 3.63) is 60.7 Å². The summed E-state index contributed by atoms with van der Waals surface area (Å²) in [6, 6.07) is 22.8. The Kier molecular flexibility index (Phi) is 9.52. The highest BCUT2D eigenvalue weighted by molar-refractivity contribution is 7.73. The van der Waals surface area contributed by atoms with Gasteiger partial charge in [0, 0.05) is 27.4 Å². The second-order valence-electron chi connectivity index (χ2n) is 6.28. The minimum atomic E-state index is -2.40.